The van der Waals surface area contributed by atoms with Crippen LogP contribution in [0, 0.1) is 5.92 Å². The highest BCUT2D eigenvalue weighted by atomic mass is 32.1. The van der Waals surface area contributed by atoms with Crippen LogP contribution in [-0.4, -0.2) is 32.0 Å². The summed E-state index contributed by atoms with van der Waals surface area (Å²) in [5, 5.41) is 4.70. The molecule has 116 valence electrons. The van der Waals surface area contributed by atoms with E-state index in [1.165, 1.54) is 23.4 Å². The summed E-state index contributed by atoms with van der Waals surface area (Å²) in [6.07, 6.45) is 3.58. The van der Waals surface area contributed by atoms with Crippen LogP contribution in [0.5, 0.6) is 0 Å². The molecule has 0 aromatic carbocycles. The third kappa shape index (κ3) is 2.94. The van der Waals surface area contributed by atoms with Crippen molar-refractivity contribution in [2.75, 3.05) is 36.8 Å². The van der Waals surface area contributed by atoms with Crippen LogP contribution in [0.2, 0.25) is 0 Å². The van der Waals surface area contributed by atoms with E-state index in [4.69, 9.17) is 5.73 Å². The highest BCUT2D eigenvalue weighted by Gasteiger charge is 2.34. The Hall–Kier alpha value is -1.07. The number of ketones is 1. The van der Waals surface area contributed by atoms with Gasteiger partial charge >= 0.3 is 0 Å². The summed E-state index contributed by atoms with van der Waals surface area (Å²) in [6.45, 7) is 8.06. The first kappa shape index (κ1) is 14.9. The van der Waals surface area contributed by atoms with Crippen molar-refractivity contribution in [2.45, 2.75) is 39.0 Å². The summed E-state index contributed by atoms with van der Waals surface area (Å²) in [5.41, 5.74) is 8.42. The van der Waals surface area contributed by atoms with Gasteiger partial charge in [-0.3, -0.25) is 4.79 Å². The lowest BCUT2D eigenvalue weighted by atomic mass is 10.0. The Bertz CT molecular complexity index is 526. The van der Waals surface area contributed by atoms with E-state index in [2.05, 4.69) is 10.2 Å². The van der Waals surface area contributed by atoms with Crippen molar-refractivity contribution in [1.29, 1.82) is 0 Å². The van der Waals surface area contributed by atoms with Gasteiger partial charge in [0.1, 0.15) is 0 Å². The predicted octanol–water partition coefficient (Wildman–Crippen LogP) is 2.85. The third-order valence-corrected chi connectivity index (χ3v) is 5.62. The van der Waals surface area contributed by atoms with Crippen LogP contribution < -0.4 is 16.0 Å². The van der Waals surface area contributed by atoms with Crippen LogP contribution in [0.25, 0.3) is 0 Å². The van der Waals surface area contributed by atoms with E-state index in [1.807, 2.05) is 13.8 Å². The number of carbonyl (C=O) groups excluding carboxylic acids is 1. The summed E-state index contributed by atoms with van der Waals surface area (Å²) in [7, 11) is 0. The molecule has 3 rings (SSSR count). The fourth-order valence-corrected chi connectivity index (χ4v) is 4.39. The van der Waals surface area contributed by atoms with E-state index in [-0.39, 0.29) is 11.7 Å². The minimum Gasteiger partial charge on any atom is -0.397 e. The van der Waals surface area contributed by atoms with Crippen LogP contribution in [0.1, 0.15) is 54.3 Å². The Balaban J connectivity index is 1.98. The number of nitrogens with zero attached hydrogens (tertiary/aromatic N) is 1. The second-order valence-corrected chi connectivity index (χ2v) is 7.45. The third-order valence-electron chi connectivity index (χ3n) is 4.33. The monoisotopic (exact) mass is 307 g/mol. The first-order valence-electron chi connectivity index (χ1n) is 8.01. The second-order valence-electron chi connectivity index (χ2n) is 6.45. The Morgan fingerprint density at radius 2 is 2.10 bits per heavy atom. The van der Waals surface area contributed by atoms with Crippen molar-refractivity contribution in [2.24, 2.45) is 5.92 Å². The Labute approximate surface area is 130 Å². The van der Waals surface area contributed by atoms with Crippen molar-refractivity contribution < 1.29 is 4.79 Å². The molecule has 1 aromatic heterocycles. The van der Waals surface area contributed by atoms with E-state index < -0.39 is 0 Å². The van der Waals surface area contributed by atoms with Crippen molar-refractivity contribution in [3.8, 4) is 0 Å². The maximum absolute atomic E-state index is 12.4. The smallest absolute Gasteiger partial charge is 0.177 e. The molecule has 4 nitrogen and oxygen atoms in total. The fraction of sp³-hybridized carbons (Fsp3) is 0.688. The molecule has 0 atom stereocenters. The van der Waals surface area contributed by atoms with Gasteiger partial charge in [-0.05, 0) is 31.7 Å². The highest BCUT2D eigenvalue weighted by molar-refractivity contribution is 7.19. The lowest BCUT2D eigenvalue weighted by molar-refractivity contribution is 0.0944. The molecule has 1 aromatic rings. The molecule has 2 aliphatic rings. The summed E-state index contributed by atoms with van der Waals surface area (Å²) in [6, 6.07) is 0. The summed E-state index contributed by atoms with van der Waals surface area (Å²) in [4.78, 5) is 15.7. The number of hydrogen-bond donors (Lipinski definition) is 2. The SMILES string of the molecule is CC(C)C(=O)c1sc(N2CCCNCC2)c(C2CC2)c1N. The number of hydrogen-bond acceptors (Lipinski definition) is 5. The minimum atomic E-state index is 0.0108. The van der Waals surface area contributed by atoms with Crippen LogP contribution in [0.3, 0.4) is 0 Å². The van der Waals surface area contributed by atoms with Crippen molar-refractivity contribution in [1.82, 2.24) is 5.32 Å². The van der Waals surface area contributed by atoms with Crippen LogP contribution >= 0.6 is 11.3 Å². The number of nitrogen functional groups attached to an aromatic ring is 1. The summed E-state index contributed by atoms with van der Waals surface area (Å²) >= 11 is 1.63. The maximum Gasteiger partial charge on any atom is 0.177 e. The number of Topliss-reactive ketones (excluding diaryl/α,β-unsaturated/α-hetero) is 1. The molecule has 0 radical (unpaired) electrons. The van der Waals surface area contributed by atoms with Crippen molar-refractivity contribution in [3.63, 3.8) is 0 Å². The average molecular weight is 307 g/mol. The standard InChI is InChI=1S/C16H25N3OS/c1-10(2)14(20)15-13(17)12(11-4-5-11)16(21-15)19-8-3-6-18-7-9-19/h10-11,18H,3-9,17H2,1-2H3. The van der Waals surface area contributed by atoms with Gasteiger partial charge in [-0.15, -0.1) is 11.3 Å². The van der Waals surface area contributed by atoms with Gasteiger partial charge in [-0.25, -0.2) is 0 Å². The van der Waals surface area contributed by atoms with E-state index in [1.54, 1.807) is 11.3 Å². The first-order chi connectivity index (χ1) is 10.1. The number of carbonyl (C=O) groups is 1. The zero-order chi connectivity index (χ0) is 15.0. The van der Waals surface area contributed by atoms with Crippen LogP contribution in [0.4, 0.5) is 10.7 Å². The van der Waals surface area contributed by atoms with Gasteiger partial charge in [0.05, 0.1) is 15.6 Å². The molecular weight excluding hydrogens is 282 g/mol. The molecule has 1 saturated heterocycles. The Kier molecular flexibility index (Phi) is 4.22. The highest BCUT2D eigenvalue weighted by Crippen LogP contribution is 2.52. The molecule has 0 bridgehead atoms. The van der Waals surface area contributed by atoms with Crippen molar-refractivity contribution in [3.05, 3.63) is 10.4 Å². The van der Waals surface area contributed by atoms with E-state index in [0.717, 1.165) is 43.2 Å². The molecule has 0 spiro atoms. The van der Waals surface area contributed by atoms with E-state index >= 15 is 0 Å². The van der Waals surface area contributed by atoms with Gasteiger partial charge in [0.15, 0.2) is 5.78 Å². The normalized spacial score (nSPS) is 19.9. The topological polar surface area (TPSA) is 58.4 Å². The van der Waals surface area contributed by atoms with Gasteiger partial charge in [0.25, 0.3) is 0 Å². The average Bonchev–Trinajstić information content (AvgIpc) is 3.26. The molecule has 2 heterocycles. The maximum atomic E-state index is 12.4. The van der Waals surface area contributed by atoms with Gasteiger partial charge < -0.3 is 16.0 Å². The fourth-order valence-electron chi connectivity index (χ4n) is 2.94. The first-order valence-corrected chi connectivity index (χ1v) is 8.83. The molecule has 1 aliphatic heterocycles. The molecule has 2 fully saturated rings. The lowest BCUT2D eigenvalue weighted by Gasteiger charge is -2.22. The molecule has 3 N–H and O–H groups in total. The van der Waals surface area contributed by atoms with Gasteiger partial charge in [-0.1, -0.05) is 13.8 Å². The lowest BCUT2D eigenvalue weighted by Crippen LogP contribution is -2.27. The van der Waals surface area contributed by atoms with E-state index in [9.17, 15) is 4.79 Å². The van der Waals surface area contributed by atoms with Crippen molar-refractivity contribution >= 4 is 27.8 Å². The quantitative estimate of drug-likeness (QED) is 0.840. The Morgan fingerprint density at radius 3 is 2.76 bits per heavy atom. The zero-order valence-corrected chi connectivity index (χ0v) is 13.8. The number of thiophene rings is 1. The Morgan fingerprint density at radius 1 is 1.33 bits per heavy atom. The molecular formula is C16H25N3OS. The van der Waals surface area contributed by atoms with E-state index in [0.29, 0.717) is 5.92 Å². The zero-order valence-electron chi connectivity index (χ0n) is 12.9. The number of nitrogens with two attached hydrogens (primary N) is 1. The van der Waals surface area contributed by atoms with Gasteiger partial charge in [0, 0.05) is 31.1 Å². The van der Waals surface area contributed by atoms with Gasteiger partial charge in [-0.2, -0.15) is 0 Å². The van der Waals surface area contributed by atoms with Crippen LogP contribution in [0.15, 0.2) is 0 Å². The second kappa shape index (κ2) is 5.97. The molecule has 21 heavy (non-hydrogen) atoms. The number of anilines is 2. The molecule has 1 saturated carbocycles. The number of rotatable bonds is 4. The van der Waals surface area contributed by atoms with Gasteiger partial charge in [0.2, 0.25) is 0 Å². The molecule has 1 aliphatic carbocycles. The predicted molar refractivity (Wildman–Crippen MR) is 89.6 cm³/mol. The summed E-state index contributed by atoms with van der Waals surface area (Å²) in [5.74, 6) is 0.788. The largest absolute Gasteiger partial charge is 0.397 e. The summed E-state index contributed by atoms with van der Waals surface area (Å²) < 4.78 is 0. The van der Waals surface area contributed by atoms with Crippen LogP contribution in [-0.2, 0) is 0 Å². The number of nitrogens with one attached hydrogen (secondary N) is 1. The molecule has 0 amide bonds. The minimum absolute atomic E-state index is 0.0108. The molecule has 0 unspecified atom stereocenters. The molecule has 5 heteroatoms.